The Morgan fingerprint density at radius 1 is 1.32 bits per heavy atom. The second kappa shape index (κ2) is 4.98. The summed E-state index contributed by atoms with van der Waals surface area (Å²) in [4.78, 5) is 5.60. The zero-order chi connectivity index (χ0) is 13.4. The summed E-state index contributed by atoms with van der Waals surface area (Å²) in [6, 6.07) is 4.55. The highest BCUT2D eigenvalue weighted by Gasteiger charge is 2.21. The van der Waals surface area contributed by atoms with Crippen molar-refractivity contribution < 1.29 is 8.78 Å². The van der Waals surface area contributed by atoms with Gasteiger partial charge in [-0.05, 0) is 38.0 Å². The highest BCUT2D eigenvalue weighted by atomic mass is 32.1. The number of aryl methyl sites for hydroxylation is 1. The van der Waals surface area contributed by atoms with Crippen LogP contribution in [0.15, 0.2) is 18.2 Å². The van der Waals surface area contributed by atoms with Gasteiger partial charge in [-0.3, -0.25) is 0 Å². The molecule has 0 aliphatic heterocycles. The molecule has 1 aliphatic rings. The summed E-state index contributed by atoms with van der Waals surface area (Å²) in [6.45, 7) is 2.75. The third-order valence-electron chi connectivity index (χ3n) is 3.19. The van der Waals surface area contributed by atoms with Crippen LogP contribution < -0.4 is 5.32 Å². The van der Waals surface area contributed by atoms with Gasteiger partial charge in [0.25, 0.3) is 0 Å². The molecular weight excluding hydrogens is 266 g/mol. The number of aromatic nitrogens is 1. The molecule has 1 aromatic heterocycles. The molecule has 0 atom stereocenters. The second-order valence-corrected chi connectivity index (χ2v) is 5.90. The summed E-state index contributed by atoms with van der Waals surface area (Å²) in [5.74, 6) is -1.66. The van der Waals surface area contributed by atoms with E-state index in [0.29, 0.717) is 11.6 Å². The van der Waals surface area contributed by atoms with Crippen molar-refractivity contribution in [2.45, 2.75) is 32.4 Å². The third-order valence-corrected chi connectivity index (χ3v) is 4.39. The fraction of sp³-hybridized carbons (Fsp3) is 0.357. The molecule has 1 aromatic carbocycles. The first-order valence-corrected chi connectivity index (χ1v) is 7.10. The minimum absolute atomic E-state index is 0.629. The summed E-state index contributed by atoms with van der Waals surface area (Å²) in [5, 5.41) is 4.18. The molecule has 19 heavy (non-hydrogen) atoms. The van der Waals surface area contributed by atoms with Crippen LogP contribution in [-0.4, -0.2) is 11.0 Å². The van der Waals surface area contributed by atoms with Crippen LogP contribution in [-0.2, 0) is 6.54 Å². The lowest BCUT2D eigenvalue weighted by Crippen LogP contribution is -2.14. The molecule has 0 bridgehead atoms. The maximum Gasteiger partial charge on any atom is 0.159 e. The van der Waals surface area contributed by atoms with Gasteiger partial charge in [-0.25, -0.2) is 13.8 Å². The van der Waals surface area contributed by atoms with E-state index in [9.17, 15) is 8.78 Å². The molecule has 1 aliphatic carbocycles. The molecule has 0 spiro atoms. The summed E-state index contributed by atoms with van der Waals surface area (Å²) >= 11 is 1.53. The van der Waals surface area contributed by atoms with E-state index in [1.807, 2.05) is 6.92 Å². The molecule has 3 rings (SSSR count). The van der Waals surface area contributed by atoms with Gasteiger partial charge < -0.3 is 5.32 Å². The van der Waals surface area contributed by atoms with Crippen LogP contribution in [0.4, 0.5) is 8.78 Å². The Bertz CT molecular complexity index is 605. The molecule has 1 heterocycles. The van der Waals surface area contributed by atoms with Gasteiger partial charge in [0.1, 0.15) is 5.01 Å². The van der Waals surface area contributed by atoms with E-state index in [4.69, 9.17) is 0 Å². The van der Waals surface area contributed by atoms with Crippen molar-refractivity contribution in [1.29, 1.82) is 0 Å². The van der Waals surface area contributed by atoms with Crippen molar-refractivity contribution in [3.8, 4) is 10.6 Å². The number of nitrogens with one attached hydrogen (secondary N) is 1. The number of rotatable bonds is 4. The highest BCUT2D eigenvalue weighted by Crippen LogP contribution is 2.29. The zero-order valence-electron chi connectivity index (χ0n) is 10.5. The van der Waals surface area contributed by atoms with Crippen LogP contribution in [0.5, 0.6) is 0 Å². The Kier molecular flexibility index (Phi) is 3.33. The highest BCUT2D eigenvalue weighted by molar-refractivity contribution is 7.15. The van der Waals surface area contributed by atoms with Crippen molar-refractivity contribution in [3.63, 3.8) is 0 Å². The Morgan fingerprint density at radius 2 is 2.11 bits per heavy atom. The monoisotopic (exact) mass is 280 g/mol. The van der Waals surface area contributed by atoms with E-state index in [1.165, 1.54) is 30.2 Å². The fourth-order valence-electron chi connectivity index (χ4n) is 1.87. The average Bonchev–Trinajstić information content (AvgIpc) is 3.14. The van der Waals surface area contributed by atoms with Gasteiger partial charge in [0, 0.05) is 23.0 Å². The number of thiazole rings is 1. The minimum atomic E-state index is -0.831. The summed E-state index contributed by atoms with van der Waals surface area (Å²) in [7, 11) is 0. The maximum absolute atomic E-state index is 13.2. The molecule has 1 fully saturated rings. The van der Waals surface area contributed by atoms with Crippen molar-refractivity contribution in [1.82, 2.24) is 10.3 Å². The molecule has 5 heteroatoms. The van der Waals surface area contributed by atoms with Gasteiger partial charge in [0.15, 0.2) is 11.6 Å². The van der Waals surface area contributed by atoms with E-state index in [2.05, 4.69) is 10.3 Å². The number of nitrogens with zero attached hydrogens (tertiary/aromatic N) is 1. The molecule has 0 radical (unpaired) electrons. The third kappa shape index (κ3) is 2.82. The Balaban J connectivity index is 1.83. The predicted molar refractivity (Wildman–Crippen MR) is 72.1 cm³/mol. The van der Waals surface area contributed by atoms with Crippen molar-refractivity contribution >= 4 is 11.3 Å². The van der Waals surface area contributed by atoms with Crippen molar-refractivity contribution in [2.75, 3.05) is 0 Å². The molecule has 100 valence electrons. The SMILES string of the molecule is Cc1nc(-c2ccc(F)c(F)c2)sc1CNC1CC1. The van der Waals surface area contributed by atoms with E-state index in [0.717, 1.165) is 28.2 Å². The molecule has 2 aromatic rings. The van der Waals surface area contributed by atoms with Crippen LogP contribution in [0.1, 0.15) is 23.4 Å². The molecular formula is C14H14F2N2S. The quantitative estimate of drug-likeness (QED) is 0.924. The van der Waals surface area contributed by atoms with Crippen LogP contribution >= 0.6 is 11.3 Å². The minimum Gasteiger partial charge on any atom is -0.309 e. The summed E-state index contributed by atoms with van der Waals surface area (Å²) in [5.41, 5.74) is 1.59. The Labute approximate surface area is 114 Å². The summed E-state index contributed by atoms with van der Waals surface area (Å²) in [6.07, 6.45) is 2.49. The Morgan fingerprint density at radius 3 is 2.79 bits per heavy atom. The molecule has 0 amide bonds. The molecule has 2 nitrogen and oxygen atoms in total. The van der Waals surface area contributed by atoms with E-state index >= 15 is 0 Å². The van der Waals surface area contributed by atoms with E-state index < -0.39 is 11.6 Å². The molecule has 0 saturated heterocycles. The van der Waals surface area contributed by atoms with Crippen LogP contribution in [0.2, 0.25) is 0 Å². The first-order chi connectivity index (χ1) is 9.13. The molecule has 0 unspecified atom stereocenters. The van der Waals surface area contributed by atoms with Crippen LogP contribution in [0, 0.1) is 18.6 Å². The van der Waals surface area contributed by atoms with Crippen LogP contribution in [0.3, 0.4) is 0 Å². The number of hydrogen-bond donors (Lipinski definition) is 1. The first-order valence-electron chi connectivity index (χ1n) is 6.28. The maximum atomic E-state index is 13.2. The van der Waals surface area contributed by atoms with Crippen molar-refractivity contribution in [3.05, 3.63) is 40.4 Å². The first kappa shape index (κ1) is 12.7. The predicted octanol–water partition coefficient (Wildman–Crippen LogP) is 3.65. The van der Waals surface area contributed by atoms with Gasteiger partial charge in [-0.2, -0.15) is 0 Å². The lowest BCUT2D eigenvalue weighted by molar-refractivity contribution is 0.509. The standard InChI is InChI=1S/C14H14F2N2S/c1-8-13(7-17-10-3-4-10)19-14(18-8)9-2-5-11(15)12(16)6-9/h2,5-6,10,17H,3-4,7H2,1H3. The normalized spacial score (nSPS) is 14.9. The van der Waals surface area contributed by atoms with Gasteiger partial charge in [0.2, 0.25) is 0 Å². The Hall–Kier alpha value is -1.33. The zero-order valence-corrected chi connectivity index (χ0v) is 11.4. The molecule has 1 saturated carbocycles. The van der Waals surface area contributed by atoms with Crippen molar-refractivity contribution in [2.24, 2.45) is 0 Å². The number of benzene rings is 1. The number of halogens is 2. The van der Waals surface area contributed by atoms with Gasteiger partial charge in [0.05, 0.1) is 5.69 Å². The van der Waals surface area contributed by atoms with E-state index in [-0.39, 0.29) is 0 Å². The number of hydrogen-bond acceptors (Lipinski definition) is 3. The van der Waals surface area contributed by atoms with Gasteiger partial charge in [-0.15, -0.1) is 11.3 Å². The smallest absolute Gasteiger partial charge is 0.159 e. The van der Waals surface area contributed by atoms with Gasteiger partial charge in [-0.1, -0.05) is 0 Å². The van der Waals surface area contributed by atoms with Gasteiger partial charge >= 0.3 is 0 Å². The van der Waals surface area contributed by atoms with Crippen LogP contribution in [0.25, 0.3) is 10.6 Å². The fourth-order valence-corrected chi connectivity index (χ4v) is 2.88. The summed E-state index contributed by atoms with van der Waals surface area (Å²) < 4.78 is 26.1. The second-order valence-electron chi connectivity index (χ2n) is 4.81. The largest absolute Gasteiger partial charge is 0.309 e. The van der Waals surface area contributed by atoms with E-state index in [1.54, 1.807) is 6.07 Å². The molecule has 1 N–H and O–H groups in total. The average molecular weight is 280 g/mol. The topological polar surface area (TPSA) is 24.9 Å². The lowest BCUT2D eigenvalue weighted by Gasteiger charge is -1.99. The lowest BCUT2D eigenvalue weighted by atomic mass is 10.2.